The van der Waals surface area contributed by atoms with Gasteiger partial charge in [-0.25, -0.2) is 9.18 Å². The third kappa shape index (κ3) is 5.68. The van der Waals surface area contributed by atoms with Crippen LogP contribution in [0.4, 0.5) is 14.9 Å². The molecule has 0 spiro atoms. The molecule has 0 aliphatic heterocycles. The zero-order valence-corrected chi connectivity index (χ0v) is 12.0. The van der Waals surface area contributed by atoms with Gasteiger partial charge in [-0.1, -0.05) is 6.92 Å². The average Bonchev–Trinajstić information content (AvgIpc) is 2.43. The molecule has 116 valence electrons. The van der Waals surface area contributed by atoms with Crippen LogP contribution in [0.25, 0.3) is 0 Å². The van der Waals surface area contributed by atoms with Gasteiger partial charge >= 0.3 is 12.0 Å². The van der Waals surface area contributed by atoms with Crippen LogP contribution in [0, 0.1) is 11.7 Å². The van der Waals surface area contributed by atoms with E-state index in [1.54, 1.807) is 6.92 Å². The fourth-order valence-electron chi connectivity index (χ4n) is 1.65. The first-order valence-corrected chi connectivity index (χ1v) is 6.55. The van der Waals surface area contributed by atoms with Gasteiger partial charge in [-0.3, -0.25) is 4.79 Å². The third-order valence-corrected chi connectivity index (χ3v) is 2.93. The number of carboxylic acid groups (broad SMARTS) is 1. The van der Waals surface area contributed by atoms with Crippen molar-refractivity contribution < 1.29 is 23.8 Å². The lowest BCUT2D eigenvalue weighted by Crippen LogP contribution is -2.30. The molecule has 1 unspecified atom stereocenters. The Labute approximate surface area is 122 Å². The number of methoxy groups -OCH3 is 1. The second kappa shape index (κ2) is 8.08. The van der Waals surface area contributed by atoms with Crippen molar-refractivity contribution in [1.29, 1.82) is 0 Å². The predicted octanol–water partition coefficient (Wildman–Crippen LogP) is 2.46. The van der Waals surface area contributed by atoms with Gasteiger partial charge < -0.3 is 20.5 Å². The summed E-state index contributed by atoms with van der Waals surface area (Å²) in [5.74, 6) is -1.76. The number of hydrogen-bond acceptors (Lipinski definition) is 3. The Morgan fingerprint density at radius 1 is 1.43 bits per heavy atom. The van der Waals surface area contributed by atoms with Crippen molar-refractivity contribution in [2.75, 3.05) is 19.0 Å². The molecule has 21 heavy (non-hydrogen) atoms. The third-order valence-electron chi connectivity index (χ3n) is 2.93. The van der Waals surface area contributed by atoms with Crippen LogP contribution in [0.1, 0.15) is 19.8 Å². The van der Waals surface area contributed by atoms with Crippen LogP contribution in [0.5, 0.6) is 5.75 Å². The van der Waals surface area contributed by atoms with Crippen molar-refractivity contribution in [3.05, 3.63) is 24.0 Å². The van der Waals surface area contributed by atoms with Gasteiger partial charge in [0.05, 0.1) is 13.0 Å². The molecule has 0 aliphatic rings. The quantitative estimate of drug-likeness (QED) is 0.675. The Hall–Kier alpha value is -2.31. The summed E-state index contributed by atoms with van der Waals surface area (Å²) in [4.78, 5) is 22.2. The predicted molar refractivity (Wildman–Crippen MR) is 76.0 cm³/mol. The summed E-state index contributed by atoms with van der Waals surface area (Å²) >= 11 is 0. The molecule has 0 aliphatic carbocycles. The number of anilines is 1. The van der Waals surface area contributed by atoms with Crippen LogP contribution in [-0.4, -0.2) is 30.8 Å². The van der Waals surface area contributed by atoms with Crippen molar-refractivity contribution >= 4 is 17.7 Å². The number of nitrogens with one attached hydrogen (secondary N) is 2. The van der Waals surface area contributed by atoms with Crippen LogP contribution in [0.2, 0.25) is 0 Å². The molecule has 7 heteroatoms. The fourth-order valence-corrected chi connectivity index (χ4v) is 1.65. The van der Waals surface area contributed by atoms with E-state index in [1.807, 2.05) is 0 Å². The van der Waals surface area contributed by atoms with Gasteiger partial charge in [-0.2, -0.15) is 0 Å². The molecule has 0 aromatic heterocycles. The average molecular weight is 298 g/mol. The Morgan fingerprint density at radius 3 is 2.71 bits per heavy atom. The van der Waals surface area contributed by atoms with Crippen LogP contribution in [-0.2, 0) is 4.79 Å². The number of rotatable bonds is 7. The minimum absolute atomic E-state index is 0.101. The van der Waals surface area contributed by atoms with Gasteiger partial charge in [0.2, 0.25) is 0 Å². The van der Waals surface area contributed by atoms with E-state index in [9.17, 15) is 14.0 Å². The fraction of sp³-hybridized carbons (Fsp3) is 0.429. The van der Waals surface area contributed by atoms with Crippen molar-refractivity contribution in [1.82, 2.24) is 5.32 Å². The van der Waals surface area contributed by atoms with Crippen LogP contribution in [0.15, 0.2) is 18.2 Å². The van der Waals surface area contributed by atoms with E-state index in [1.165, 1.54) is 19.2 Å². The van der Waals surface area contributed by atoms with E-state index in [4.69, 9.17) is 9.84 Å². The molecule has 0 radical (unpaired) electrons. The summed E-state index contributed by atoms with van der Waals surface area (Å²) in [6.07, 6.45) is 1.03. The highest BCUT2D eigenvalue weighted by atomic mass is 19.1. The normalized spacial score (nSPS) is 11.6. The molecular weight excluding hydrogens is 279 g/mol. The molecule has 0 fully saturated rings. The van der Waals surface area contributed by atoms with Gasteiger partial charge in [0.25, 0.3) is 0 Å². The summed E-state index contributed by atoms with van der Waals surface area (Å²) in [5, 5.41) is 13.8. The summed E-state index contributed by atoms with van der Waals surface area (Å²) < 4.78 is 18.2. The number of carbonyl (C=O) groups is 2. The lowest BCUT2D eigenvalue weighted by molar-refractivity contribution is -0.141. The summed E-state index contributed by atoms with van der Waals surface area (Å²) in [6.45, 7) is 1.96. The number of ether oxygens (including phenoxy) is 1. The molecule has 1 aromatic rings. The van der Waals surface area contributed by atoms with E-state index in [0.29, 0.717) is 25.1 Å². The molecule has 1 atom stereocenters. The molecule has 2 amide bonds. The molecule has 3 N–H and O–H groups in total. The van der Waals surface area contributed by atoms with Gasteiger partial charge in [0, 0.05) is 18.3 Å². The number of benzene rings is 1. The van der Waals surface area contributed by atoms with E-state index in [0.717, 1.165) is 6.07 Å². The highest BCUT2D eigenvalue weighted by Crippen LogP contribution is 2.20. The van der Waals surface area contributed by atoms with Crippen LogP contribution < -0.4 is 15.4 Å². The maximum Gasteiger partial charge on any atom is 0.319 e. The molecule has 6 nitrogen and oxygen atoms in total. The van der Waals surface area contributed by atoms with Crippen molar-refractivity contribution in [3.8, 4) is 5.75 Å². The maximum absolute atomic E-state index is 13.4. The highest BCUT2D eigenvalue weighted by molar-refractivity contribution is 5.89. The number of aliphatic carboxylic acids is 1. The second-order valence-electron chi connectivity index (χ2n) is 4.61. The number of carbonyl (C=O) groups excluding carboxylic acids is 1. The molecule has 0 saturated heterocycles. The molecular formula is C14H19FN2O4. The smallest absolute Gasteiger partial charge is 0.319 e. The second-order valence-corrected chi connectivity index (χ2v) is 4.61. The number of carboxylic acids is 1. The molecule has 0 saturated carbocycles. The van der Waals surface area contributed by atoms with E-state index >= 15 is 0 Å². The van der Waals surface area contributed by atoms with Gasteiger partial charge in [0.1, 0.15) is 0 Å². The van der Waals surface area contributed by atoms with E-state index < -0.39 is 23.7 Å². The van der Waals surface area contributed by atoms with Crippen molar-refractivity contribution in [3.63, 3.8) is 0 Å². The largest absolute Gasteiger partial charge is 0.494 e. The Bertz CT molecular complexity index is 508. The topological polar surface area (TPSA) is 87.7 Å². The lowest BCUT2D eigenvalue weighted by atomic mass is 10.1. The monoisotopic (exact) mass is 298 g/mol. The van der Waals surface area contributed by atoms with Gasteiger partial charge in [-0.05, 0) is 25.0 Å². The van der Waals surface area contributed by atoms with E-state index in [-0.39, 0.29) is 5.75 Å². The summed E-state index contributed by atoms with van der Waals surface area (Å²) in [7, 11) is 1.36. The van der Waals surface area contributed by atoms with Crippen molar-refractivity contribution in [2.45, 2.75) is 19.8 Å². The summed E-state index contributed by atoms with van der Waals surface area (Å²) in [6, 6.07) is 3.63. The molecule has 0 bridgehead atoms. The van der Waals surface area contributed by atoms with E-state index in [2.05, 4.69) is 10.6 Å². The first kappa shape index (κ1) is 16.7. The number of amides is 2. The lowest BCUT2D eigenvalue weighted by Gasteiger charge is -2.10. The Morgan fingerprint density at radius 2 is 2.14 bits per heavy atom. The number of hydrogen-bond donors (Lipinski definition) is 3. The molecule has 0 heterocycles. The van der Waals surface area contributed by atoms with Crippen LogP contribution >= 0.6 is 0 Å². The first-order chi connectivity index (χ1) is 9.93. The zero-order valence-electron chi connectivity index (χ0n) is 12.0. The molecule has 1 aromatic carbocycles. The van der Waals surface area contributed by atoms with Gasteiger partial charge in [0.15, 0.2) is 11.6 Å². The standard InChI is InChI=1S/C14H19FN2O4/c1-9(13(18)19)4-3-7-16-14(20)17-10-5-6-12(21-2)11(15)8-10/h5-6,8-9H,3-4,7H2,1-2H3,(H,18,19)(H2,16,17,20). The zero-order chi connectivity index (χ0) is 15.8. The van der Waals surface area contributed by atoms with Crippen LogP contribution in [0.3, 0.4) is 0 Å². The first-order valence-electron chi connectivity index (χ1n) is 6.55. The maximum atomic E-state index is 13.4. The summed E-state index contributed by atoms with van der Waals surface area (Å²) in [5.41, 5.74) is 0.310. The number of urea groups is 1. The molecule has 1 rings (SSSR count). The highest BCUT2D eigenvalue weighted by Gasteiger charge is 2.10. The number of halogens is 1. The van der Waals surface area contributed by atoms with Crippen molar-refractivity contribution in [2.24, 2.45) is 5.92 Å². The minimum atomic E-state index is -0.854. The van der Waals surface area contributed by atoms with Gasteiger partial charge in [-0.15, -0.1) is 0 Å². The Balaban J connectivity index is 2.34. The SMILES string of the molecule is COc1ccc(NC(=O)NCCCC(C)C(=O)O)cc1F. The Kier molecular flexibility index (Phi) is 6.45. The minimum Gasteiger partial charge on any atom is -0.494 e.